The lowest BCUT2D eigenvalue weighted by molar-refractivity contribution is 1.16. The summed E-state index contributed by atoms with van der Waals surface area (Å²) >= 11 is 3.00. The lowest BCUT2D eigenvalue weighted by atomic mass is 10.3. The molecule has 2 aromatic heterocycles. The first-order valence-corrected chi connectivity index (χ1v) is 5.72. The highest BCUT2D eigenvalue weighted by molar-refractivity contribution is 7.21. The van der Waals surface area contributed by atoms with E-state index in [1.807, 2.05) is 23.6 Å². The molecular weight excluding hydrogens is 214 g/mol. The van der Waals surface area contributed by atoms with E-state index in [9.17, 15) is 0 Å². The summed E-state index contributed by atoms with van der Waals surface area (Å²) < 4.78 is 5.02. The number of nitrogens with zero attached hydrogens (tertiary/aromatic N) is 3. The minimum atomic E-state index is 0.871. The highest BCUT2D eigenvalue weighted by Crippen LogP contribution is 2.28. The first-order chi connectivity index (χ1) is 6.93. The Balaban J connectivity index is 2.24. The van der Waals surface area contributed by atoms with Crippen molar-refractivity contribution in [3.63, 3.8) is 0 Å². The van der Waals surface area contributed by atoms with Crippen LogP contribution in [0.1, 0.15) is 0 Å². The number of fused-ring (bicyclic) bond motifs is 1. The van der Waals surface area contributed by atoms with Gasteiger partial charge in [0.2, 0.25) is 0 Å². The van der Waals surface area contributed by atoms with E-state index in [-0.39, 0.29) is 0 Å². The number of para-hydroxylation sites is 1. The molecule has 0 saturated heterocycles. The fourth-order valence-corrected chi connectivity index (χ4v) is 2.68. The molecular formula is C9H5N3S2. The number of rotatable bonds is 1. The van der Waals surface area contributed by atoms with E-state index >= 15 is 0 Å². The van der Waals surface area contributed by atoms with Crippen LogP contribution in [0.25, 0.3) is 20.9 Å². The van der Waals surface area contributed by atoms with Crippen molar-refractivity contribution in [2.75, 3.05) is 0 Å². The average molecular weight is 219 g/mol. The molecule has 0 bridgehead atoms. The second kappa shape index (κ2) is 3.11. The second-order valence-electron chi connectivity index (χ2n) is 2.78. The van der Waals surface area contributed by atoms with Gasteiger partial charge in [0.1, 0.15) is 10.7 Å². The topological polar surface area (TPSA) is 38.7 Å². The molecule has 3 rings (SSSR count). The molecule has 0 aliphatic carbocycles. The molecule has 0 fully saturated rings. The van der Waals surface area contributed by atoms with Crippen LogP contribution >= 0.6 is 22.9 Å². The molecule has 0 atom stereocenters. The molecule has 14 heavy (non-hydrogen) atoms. The van der Waals surface area contributed by atoms with Crippen LogP contribution in [0.3, 0.4) is 0 Å². The van der Waals surface area contributed by atoms with E-state index in [0.717, 1.165) is 16.2 Å². The third-order valence-electron chi connectivity index (χ3n) is 1.87. The fourth-order valence-electron chi connectivity index (χ4n) is 1.24. The zero-order chi connectivity index (χ0) is 9.38. The lowest BCUT2D eigenvalue weighted by Crippen LogP contribution is -1.74. The standard InChI is InChI=1S/C9H5N3S2/c1-2-4-8-6(3-1)10-9(14-8)7-5-13-12-11-7/h1-5H. The summed E-state index contributed by atoms with van der Waals surface area (Å²) in [7, 11) is 0. The number of thiazole rings is 1. The molecule has 0 spiro atoms. The van der Waals surface area contributed by atoms with Crippen LogP contribution in [0.15, 0.2) is 29.6 Å². The fraction of sp³-hybridized carbons (Fsp3) is 0. The maximum Gasteiger partial charge on any atom is 0.145 e. The SMILES string of the molecule is c1ccc2sc(-c3csnn3)nc2c1. The minimum Gasteiger partial charge on any atom is -0.234 e. The summed E-state index contributed by atoms with van der Waals surface area (Å²) in [4.78, 5) is 4.48. The molecule has 0 radical (unpaired) electrons. The highest BCUT2D eigenvalue weighted by Gasteiger charge is 2.07. The van der Waals surface area contributed by atoms with Crippen LogP contribution in [-0.4, -0.2) is 14.6 Å². The van der Waals surface area contributed by atoms with Crippen LogP contribution in [0.5, 0.6) is 0 Å². The summed E-state index contributed by atoms with van der Waals surface area (Å²) in [6, 6.07) is 8.08. The van der Waals surface area contributed by atoms with Crippen molar-refractivity contribution in [3.8, 4) is 10.7 Å². The maximum atomic E-state index is 4.48. The van der Waals surface area contributed by atoms with E-state index in [4.69, 9.17) is 0 Å². The van der Waals surface area contributed by atoms with Crippen LogP contribution in [0.4, 0.5) is 0 Å². The van der Waals surface area contributed by atoms with Crippen LogP contribution < -0.4 is 0 Å². The molecule has 5 heteroatoms. The van der Waals surface area contributed by atoms with E-state index in [0.29, 0.717) is 0 Å². The molecule has 1 aromatic carbocycles. The quantitative estimate of drug-likeness (QED) is 0.631. The average Bonchev–Trinajstić information content (AvgIpc) is 2.86. The predicted octanol–water partition coefficient (Wildman–Crippen LogP) is 2.81. The normalized spacial score (nSPS) is 10.9. The van der Waals surface area contributed by atoms with Crippen molar-refractivity contribution in [2.24, 2.45) is 0 Å². The van der Waals surface area contributed by atoms with Crippen molar-refractivity contribution in [1.82, 2.24) is 14.6 Å². The Bertz CT molecular complexity index is 523. The molecule has 0 saturated carbocycles. The zero-order valence-corrected chi connectivity index (χ0v) is 8.68. The van der Waals surface area contributed by atoms with Gasteiger partial charge >= 0.3 is 0 Å². The van der Waals surface area contributed by atoms with Crippen LogP contribution in [0.2, 0.25) is 0 Å². The summed E-state index contributed by atoms with van der Waals surface area (Å²) in [6.07, 6.45) is 0. The molecule has 2 heterocycles. The molecule has 0 amide bonds. The molecule has 3 nitrogen and oxygen atoms in total. The van der Waals surface area contributed by atoms with Gasteiger partial charge in [0.05, 0.1) is 10.2 Å². The Morgan fingerprint density at radius 1 is 1.14 bits per heavy atom. The van der Waals surface area contributed by atoms with Gasteiger partial charge in [-0.1, -0.05) is 16.6 Å². The Hall–Kier alpha value is -1.33. The highest BCUT2D eigenvalue weighted by atomic mass is 32.1. The summed E-state index contributed by atoms with van der Waals surface area (Å²) in [5, 5.41) is 6.86. The smallest absolute Gasteiger partial charge is 0.145 e. The van der Waals surface area contributed by atoms with E-state index < -0.39 is 0 Å². The van der Waals surface area contributed by atoms with Gasteiger partial charge in [-0.3, -0.25) is 0 Å². The Labute approximate surface area is 88.2 Å². The molecule has 0 N–H and O–H groups in total. The zero-order valence-electron chi connectivity index (χ0n) is 7.04. The summed E-state index contributed by atoms with van der Waals surface area (Å²) in [5.41, 5.74) is 1.90. The lowest BCUT2D eigenvalue weighted by Gasteiger charge is -1.81. The maximum absolute atomic E-state index is 4.48. The summed E-state index contributed by atoms with van der Waals surface area (Å²) in [6.45, 7) is 0. The van der Waals surface area contributed by atoms with Crippen molar-refractivity contribution < 1.29 is 0 Å². The van der Waals surface area contributed by atoms with Gasteiger partial charge in [0.15, 0.2) is 0 Å². The van der Waals surface area contributed by atoms with Gasteiger partial charge in [0.25, 0.3) is 0 Å². The monoisotopic (exact) mass is 219 g/mol. The van der Waals surface area contributed by atoms with Crippen LogP contribution in [0, 0.1) is 0 Å². The Kier molecular flexibility index (Phi) is 1.78. The largest absolute Gasteiger partial charge is 0.234 e. The van der Waals surface area contributed by atoms with Gasteiger partial charge in [0, 0.05) is 5.38 Å². The van der Waals surface area contributed by atoms with Gasteiger partial charge < -0.3 is 0 Å². The summed E-state index contributed by atoms with van der Waals surface area (Å²) in [5.74, 6) is 0. The number of hydrogen-bond donors (Lipinski definition) is 0. The van der Waals surface area contributed by atoms with E-state index in [1.54, 1.807) is 11.3 Å². The first-order valence-electron chi connectivity index (χ1n) is 4.06. The Morgan fingerprint density at radius 3 is 2.86 bits per heavy atom. The van der Waals surface area contributed by atoms with E-state index in [1.165, 1.54) is 16.2 Å². The van der Waals surface area contributed by atoms with Crippen LogP contribution in [-0.2, 0) is 0 Å². The van der Waals surface area contributed by atoms with Crippen molar-refractivity contribution >= 4 is 33.1 Å². The van der Waals surface area contributed by atoms with Gasteiger partial charge in [-0.2, -0.15) is 0 Å². The third-order valence-corrected chi connectivity index (χ3v) is 3.44. The van der Waals surface area contributed by atoms with Gasteiger partial charge in [-0.15, -0.1) is 16.4 Å². The molecule has 0 aliphatic rings. The first kappa shape index (κ1) is 8.02. The van der Waals surface area contributed by atoms with Gasteiger partial charge in [-0.25, -0.2) is 4.98 Å². The second-order valence-corrected chi connectivity index (χ2v) is 4.42. The molecule has 0 aliphatic heterocycles. The van der Waals surface area contributed by atoms with Crippen molar-refractivity contribution in [1.29, 1.82) is 0 Å². The van der Waals surface area contributed by atoms with Crippen molar-refractivity contribution in [2.45, 2.75) is 0 Å². The predicted molar refractivity (Wildman–Crippen MR) is 58.5 cm³/mol. The number of benzene rings is 1. The molecule has 3 aromatic rings. The van der Waals surface area contributed by atoms with Gasteiger partial charge in [-0.05, 0) is 23.7 Å². The van der Waals surface area contributed by atoms with Crippen molar-refractivity contribution in [3.05, 3.63) is 29.6 Å². The third kappa shape index (κ3) is 1.21. The molecule has 68 valence electrons. The van der Waals surface area contributed by atoms with E-state index in [2.05, 4.69) is 20.6 Å². The number of aromatic nitrogens is 3. The molecule has 0 unspecified atom stereocenters. The number of hydrogen-bond acceptors (Lipinski definition) is 5. The minimum absolute atomic E-state index is 0.871. The Morgan fingerprint density at radius 2 is 2.07 bits per heavy atom.